The molecule has 1 N–H and O–H groups in total. The Labute approximate surface area is 142 Å². The third-order valence-corrected chi connectivity index (χ3v) is 4.38. The molecule has 0 aromatic heterocycles. The Bertz CT molecular complexity index is 871. The highest BCUT2D eigenvalue weighted by Crippen LogP contribution is 2.35. The molecule has 120 valence electrons. The normalized spacial score (nSPS) is 16.0. The molecule has 0 saturated carbocycles. The van der Waals surface area contributed by atoms with Gasteiger partial charge in [-0.3, -0.25) is 9.59 Å². The SMILES string of the molecule is Cc1cccc(N2C(=O)S/C(=C\c3ccc(C(=O)O)cc3)C2=O)c1. The Morgan fingerprint density at radius 1 is 1.12 bits per heavy atom. The van der Waals surface area contributed by atoms with Crippen LogP contribution in [0.1, 0.15) is 21.5 Å². The van der Waals surface area contributed by atoms with Crippen LogP contribution in [-0.2, 0) is 4.79 Å². The van der Waals surface area contributed by atoms with Crippen molar-refractivity contribution in [2.75, 3.05) is 4.90 Å². The molecule has 1 fully saturated rings. The molecular formula is C18H13NO4S. The minimum absolute atomic E-state index is 0.167. The molecule has 5 nitrogen and oxygen atoms in total. The summed E-state index contributed by atoms with van der Waals surface area (Å²) in [4.78, 5) is 37.0. The van der Waals surface area contributed by atoms with Gasteiger partial charge in [-0.1, -0.05) is 24.3 Å². The van der Waals surface area contributed by atoms with E-state index in [0.717, 1.165) is 22.2 Å². The van der Waals surface area contributed by atoms with Crippen LogP contribution < -0.4 is 4.90 Å². The van der Waals surface area contributed by atoms with E-state index in [1.165, 1.54) is 12.1 Å². The maximum Gasteiger partial charge on any atom is 0.335 e. The van der Waals surface area contributed by atoms with Crippen LogP contribution in [0, 0.1) is 6.92 Å². The number of hydrogen-bond donors (Lipinski definition) is 1. The van der Waals surface area contributed by atoms with E-state index in [1.807, 2.05) is 13.0 Å². The van der Waals surface area contributed by atoms with Gasteiger partial charge < -0.3 is 5.11 Å². The molecule has 2 aromatic carbocycles. The van der Waals surface area contributed by atoms with E-state index in [0.29, 0.717) is 16.2 Å². The number of aromatic carboxylic acids is 1. The zero-order valence-electron chi connectivity index (χ0n) is 12.7. The Hall–Kier alpha value is -2.86. The molecule has 0 bridgehead atoms. The number of carboxylic acid groups (broad SMARTS) is 1. The van der Waals surface area contributed by atoms with E-state index in [-0.39, 0.29) is 16.7 Å². The molecule has 1 aliphatic heterocycles. The van der Waals surface area contributed by atoms with Gasteiger partial charge in [0, 0.05) is 0 Å². The van der Waals surface area contributed by atoms with Crippen LogP contribution >= 0.6 is 11.8 Å². The predicted molar refractivity (Wildman–Crippen MR) is 93.0 cm³/mol. The number of amides is 2. The molecule has 0 atom stereocenters. The number of imide groups is 1. The molecule has 0 radical (unpaired) electrons. The maximum atomic E-state index is 12.5. The van der Waals surface area contributed by atoms with Crippen LogP contribution in [0.3, 0.4) is 0 Å². The van der Waals surface area contributed by atoms with Crippen molar-refractivity contribution in [2.24, 2.45) is 0 Å². The summed E-state index contributed by atoms with van der Waals surface area (Å²) in [6.07, 6.45) is 1.59. The monoisotopic (exact) mass is 339 g/mol. The van der Waals surface area contributed by atoms with Gasteiger partial charge in [0.15, 0.2) is 0 Å². The van der Waals surface area contributed by atoms with Crippen molar-refractivity contribution in [2.45, 2.75) is 6.92 Å². The molecule has 1 aliphatic rings. The minimum atomic E-state index is -1.01. The van der Waals surface area contributed by atoms with Crippen molar-refractivity contribution in [3.8, 4) is 0 Å². The van der Waals surface area contributed by atoms with E-state index in [1.54, 1.807) is 36.4 Å². The molecule has 3 rings (SSSR count). The lowest BCUT2D eigenvalue weighted by molar-refractivity contribution is -0.113. The molecule has 0 aliphatic carbocycles. The highest BCUT2D eigenvalue weighted by Gasteiger charge is 2.36. The molecule has 2 amide bonds. The van der Waals surface area contributed by atoms with Crippen LogP contribution in [0.5, 0.6) is 0 Å². The van der Waals surface area contributed by atoms with E-state index in [2.05, 4.69) is 0 Å². The van der Waals surface area contributed by atoms with Gasteiger partial charge in [-0.05, 0) is 60.2 Å². The number of hydrogen-bond acceptors (Lipinski definition) is 4. The second-order valence-corrected chi connectivity index (χ2v) is 6.28. The number of aryl methyl sites for hydroxylation is 1. The Morgan fingerprint density at radius 2 is 1.83 bits per heavy atom. The Kier molecular flexibility index (Phi) is 4.22. The number of carboxylic acids is 1. The zero-order valence-corrected chi connectivity index (χ0v) is 13.5. The van der Waals surface area contributed by atoms with Gasteiger partial charge in [0.1, 0.15) is 0 Å². The summed E-state index contributed by atoms with van der Waals surface area (Å²) in [5.41, 5.74) is 2.33. The third-order valence-electron chi connectivity index (χ3n) is 3.51. The average molecular weight is 339 g/mol. The van der Waals surface area contributed by atoms with Crippen LogP contribution in [0.15, 0.2) is 53.4 Å². The first-order chi connectivity index (χ1) is 11.5. The van der Waals surface area contributed by atoms with E-state index < -0.39 is 5.97 Å². The van der Waals surface area contributed by atoms with Gasteiger partial charge in [0.05, 0.1) is 16.2 Å². The van der Waals surface area contributed by atoms with Crippen LogP contribution in [0.2, 0.25) is 0 Å². The minimum Gasteiger partial charge on any atom is -0.478 e. The molecular weight excluding hydrogens is 326 g/mol. The maximum absolute atomic E-state index is 12.5. The van der Waals surface area contributed by atoms with Gasteiger partial charge >= 0.3 is 5.97 Å². The highest BCUT2D eigenvalue weighted by molar-refractivity contribution is 8.19. The number of thioether (sulfide) groups is 1. The van der Waals surface area contributed by atoms with E-state index in [9.17, 15) is 14.4 Å². The quantitative estimate of drug-likeness (QED) is 0.858. The molecule has 1 heterocycles. The summed E-state index contributed by atoms with van der Waals surface area (Å²) >= 11 is 0.870. The van der Waals surface area contributed by atoms with Crippen LogP contribution in [-0.4, -0.2) is 22.2 Å². The molecule has 6 heteroatoms. The zero-order chi connectivity index (χ0) is 17.3. The first-order valence-electron chi connectivity index (χ1n) is 7.14. The van der Waals surface area contributed by atoms with Crippen molar-refractivity contribution >= 4 is 40.6 Å². The topological polar surface area (TPSA) is 74.7 Å². The number of carbonyl (C=O) groups excluding carboxylic acids is 2. The highest BCUT2D eigenvalue weighted by atomic mass is 32.2. The smallest absolute Gasteiger partial charge is 0.335 e. The second kappa shape index (κ2) is 6.33. The fourth-order valence-electron chi connectivity index (χ4n) is 2.33. The summed E-state index contributed by atoms with van der Waals surface area (Å²) in [5, 5.41) is 8.55. The molecule has 24 heavy (non-hydrogen) atoms. The number of rotatable bonds is 3. The fourth-order valence-corrected chi connectivity index (χ4v) is 3.17. The number of carbonyl (C=O) groups is 3. The first-order valence-corrected chi connectivity index (χ1v) is 7.95. The van der Waals surface area contributed by atoms with E-state index in [4.69, 9.17) is 5.11 Å². The Balaban J connectivity index is 1.89. The molecule has 0 unspecified atom stereocenters. The lowest BCUT2D eigenvalue weighted by Crippen LogP contribution is -2.27. The van der Waals surface area contributed by atoms with Crippen molar-refractivity contribution in [3.05, 3.63) is 70.1 Å². The summed E-state index contributed by atoms with van der Waals surface area (Å²) < 4.78 is 0. The average Bonchev–Trinajstić information content (AvgIpc) is 2.82. The number of anilines is 1. The molecule has 1 saturated heterocycles. The fraction of sp³-hybridized carbons (Fsp3) is 0.0556. The van der Waals surface area contributed by atoms with Crippen LogP contribution in [0.4, 0.5) is 10.5 Å². The van der Waals surface area contributed by atoms with Gasteiger partial charge in [-0.2, -0.15) is 0 Å². The summed E-state index contributed by atoms with van der Waals surface area (Å²) in [7, 11) is 0. The standard InChI is InChI=1S/C18H13NO4S/c1-11-3-2-4-14(9-11)19-16(20)15(24-18(19)23)10-12-5-7-13(8-6-12)17(21)22/h2-10H,1H3,(H,21,22)/b15-10-. The summed E-state index contributed by atoms with van der Waals surface area (Å²) in [6.45, 7) is 1.89. The van der Waals surface area contributed by atoms with E-state index >= 15 is 0 Å². The van der Waals surface area contributed by atoms with Gasteiger partial charge in [0.2, 0.25) is 0 Å². The Morgan fingerprint density at radius 3 is 2.46 bits per heavy atom. The van der Waals surface area contributed by atoms with Crippen molar-refractivity contribution in [1.29, 1.82) is 0 Å². The third kappa shape index (κ3) is 3.09. The lowest BCUT2D eigenvalue weighted by Gasteiger charge is -2.12. The largest absolute Gasteiger partial charge is 0.478 e. The van der Waals surface area contributed by atoms with Gasteiger partial charge in [0.25, 0.3) is 11.1 Å². The number of nitrogens with zero attached hydrogens (tertiary/aromatic N) is 1. The van der Waals surface area contributed by atoms with Crippen molar-refractivity contribution in [1.82, 2.24) is 0 Å². The molecule has 2 aromatic rings. The van der Waals surface area contributed by atoms with Crippen molar-refractivity contribution < 1.29 is 19.5 Å². The summed E-state index contributed by atoms with van der Waals surface area (Å²) in [5.74, 6) is -1.39. The second-order valence-electron chi connectivity index (χ2n) is 5.28. The van der Waals surface area contributed by atoms with Crippen molar-refractivity contribution in [3.63, 3.8) is 0 Å². The lowest BCUT2D eigenvalue weighted by atomic mass is 10.1. The molecule has 0 spiro atoms. The first kappa shape index (κ1) is 16.0. The van der Waals surface area contributed by atoms with Gasteiger partial charge in [-0.25, -0.2) is 9.69 Å². The number of benzene rings is 2. The summed E-state index contributed by atoms with van der Waals surface area (Å²) in [6, 6.07) is 13.3. The van der Waals surface area contributed by atoms with Crippen LogP contribution in [0.25, 0.3) is 6.08 Å². The predicted octanol–water partition coefficient (Wildman–Crippen LogP) is 3.93. The van der Waals surface area contributed by atoms with Gasteiger partial charge in [-0.15, -0.1) is 0 Å².